The van der Waals surface area contributed by atoms with Gasteiger partial charge in [-0.15, -0.1) is 0 Å². The molecule has 0 saturated heterocycles. The molecule has 0 bridgehead atoms. The fourth-order valence-electron chi connectivity index (χ4n) is 2.69. The minimum absolute atomic E-state index is 0.0170. The lowest BCUT2D eigenvalue weighted by Crippen LogP contribution is -2.41. The first-order valence-electron chi connectivity index (χ1n) is 8.05. The molecule has 0 saturated carbocycles. The lowest BCUT2D eigenvalue weighted by atomic mass is 10.0. The molecule has 0 fully saturated rings. The van der Waals surface area contributed by atoms with Crippen LogP contribution in [0, 0.1) is 0 Å². The highest BCUT2D eigenvalue weighted by atomic mass is 35.5. The van der Waals surface area contributed by atoms with Crippen molar-refractivity contribution in [1.82, 2.24) is 4.72 Å². The summed E-state index contributed by atoms with van der Waals surface area (Å²) in [6, 6.07) is 11.7. The SMILES string of the molecule is O=C(O)C1=C(Cl)c2cc(S(=O)(=O)NCc3ccccc3)ccc2OC1C(F)(F)F. The van der Waals surface area contributed by atoms with E-state index in [0.29, 0.717) is 5.56 Å². The van der Waals surface area contributed by atoms with Crippen molar-refractivity contribution < 1.29 is 36.2 Å². The number of alkyl halides is 3. The Labute approximate surface area is 168 Å². The molecule has 2 aromatic carbocycles. The summed E-state index contributed by atoms with van der Waals surface area (Å²) < 4.78 is 71.7. The van der Waals surface area contributed by atoms with Crippen LogP contribution in [0.5, 0.6) is 5.75 Å². The molecule has 1 aliphatic heterocycles. The Hall–Kier alpha value is -2.56. The average Bonchev–Trinajstić information content (AvgIpc) is 2.66. The molecule has 0 aromatic heterocycles. The van der Waals surface area contributed by atoms with Crippen LogP contribution in [0.2, 0.25) is 0 Å². The summed E-state index contributed by atoms with van der Waals surface area (Å²) in [6.45, 7) is -0.0170. The van der Waals surface area contributed by atoms with E-state index in [1.165, 1.54) is 0 Å². The highest BCUT2D eigenvalue weighted by Crippen LogP contribution is 2.43. The van der Waals surface area contributed by atoms with Crippen molar-refractivity contribution in [2.75, 3.05) is 0 Å². The molecule has 0 radical (unpaired) electrons. The number of hydrogen-bond donors (Lipinski definition) is 2. The highest BCUT2D eigenvalue weighted by Gasteiger charge is 2.50. The third kappa shape index (κ3) is 4.39. The Morgan fingerprint density at radius 1 is 1.17 bits per heavy atom. The first-order chi connectivity index (χ1) is 13.5. The van der Waals surface area contributed by atoms with E-state index in [2.05, 4.69) is 4.72 Å². The van der Waals surface area contributed by atoms with Crippen LogP contribution in [0.3, 0.4) is 0 Å². The summed E-state index contributed by atoms with van der Waals surface area (Å²) in [6.07, 6.45) is -7.79. The van der Waals surface area contributed by atoms with Crippen LogP contribution >= 0.6 is 11.6 Å². The molecular formula is C18H13ClF3NO5S. The fourth-order valence-corrected chi connectivity index (χ4v) is 4.06. The van der Waals surface area contributed by atoms with E-state index in [9.17, 15) is 26.4 Å². The molecule has 1 unspecified atom stereocenters. The minimum atomic E-state index is -5.02. The van der Waals surface area contributed by atoms with Crippen LogP contribution in [-0.2, 0) is 21.4 Å². The van der Waals surface area contributed by atoms with Crippen LogP contribution in [0.4, 0.5) is 13.2 Å². The van der Waals surface area contributed by atoms with Crippen LogP contribution in [-0.4, -0.2) is 31.8 Å². The van der Waals surface area contributed by atoms with Crippen molar-refractivity contribution in [1.29, 1.82) is 0 Å². The Morgan fingerprint density at radius 3 is 2.41 bits per heavy atom. The van der Waals surface area contributed by atoms with Gasteiger partial charge in [-0.3, -0.25) is 0 Å². The van der Waals surface area contributed by atoms with Gasteiger partial charge in [0.1, 0.15) is 11.3 Å². The molecule has 2 aromatic rings. The summed E-state index contributed by atoms with van der Waals surface area (Å²) in [5.41, 5.74) is -0.776. The van der Waals surface area contributed by atoms with Gasteiger partial charge in [0, 0.05) is 12.1 Å². The van der Waals surface area contributed by atoms with E-state index in [1.54, 1.807) is 30.3 Å². The minimum Gasteiger partial charge on any atom is -0.478 e. The first-order valence-corrected chi connectivity index (χ1v) is 9.91. The van der Waals surface area contributed by atoms with E-state index in [0.717, 1.165) is 18.2 Å². The van der Waals surface area contributed by atoms with Crippen LogP contribution < -0.4 is 9.46 Å². The van der Waals surface area contributed by atoms with Crippen molar-refractivity contribution in [2.45, 2.75) is 23.7 Å². The predicted molar refractivity (Wildman–Crippen MR) is 97.8 cm³/mol. The smallest absolute Gasteiger partial charge is 0.430 e. The molecule has 0 amide bonds. The fraction of sp³-hybridized carbons (Fsp3) is 0.167. The third-order valence-electron chi connectivity index (χ3n) is 4.08. The molecule has 1 heterocycles. The van der Waals surface area contributed by atoms with Crippen molar-refractivity contribution in [2.24, 2.45) is 0 Å². The van der Waals surface area contributed by atoms with Gasteiger partial charge >= 0.3 is 12.1 Å². The number of carbonyl (C=O) groups is 1. The first kappa shape index (κ1) is 21.2. The Kier molecular flexibility index (Phi) is 5.61. The van der Waals surface area contributed by atoms with Gasteiger partial charge in [0.05, 0.1) is 9.93 Å². The lowest BCUT2D eigenvalue weighted by molar-refractivity contribution is -0.187. The molecular weight excluding hydrogens is 435 g/mol. The number of carboxylic acids is 1. The number of ether oxygens (including phenoxy) is 1. The van der Waals surface area contributed by atoms with Crippen LogP contribution in [0.1, 0.15) is 11.1 Å². The standard InChI is InChI=1S/C18H13ClF3NO5S/c19-15-12-8-11(29(26,27)23-9-10-4-2-1-3-5-10)6-7-13(12)28-16(18(20,21)22)14(15)17(24)25/h1-8,16,23H,9H2,(H,24,25). The molecule has 11 heteroatoms. The predicted octanol–water partition coefficient (Wildman–Crippen LogP) is 3.52. The Bertz CT molecular complexity index is 1080. The zero-order valence-electron chi connectivity index (χ0n) is 14.4. The molecule has 0 aliphatic carbocycles. The average molecular weight is 448 g/mol. The number of rotatable bonds is 5. The van der Waals surface area contributed by atoms with Gasteiger partial charge < -0.3 is 9.84 Å². The molecule has 6 nitrogen and oxygen atoms in total. The van der Waals surface area contributed by atoms with Crippen molar-refractivity contribution in [3.8, 4) is 5.75 Å². The summed E-state index contributed by atoms with van der Waals surface area (Å²) in [5.74, 6) is -2.29. The molecule has 29 heavy (non-hydrogen) atoms. The van der Waals surface area contributed by atoms with Crippen LogP contribution in [0.25, 0.3) is 5.03 Å². The number of carboxylic acid groups (broad SMARTS) is 1. The molecule has 1 atom stereocenters. The molecule has 0 spiro atoms. The second-order valence-corrected chi connectivity index (χ2v) is 8.19. The number of fused-ring (bicyclic) bond motifs is 1. The molecule has 1 aliphatic rings. The zero-order valence-corrected chi connectivity index (χ0v) is 16.0. The van der Waals surface area contributed by atoms with Crippen molar-refractivity contribution in [3.05, 3.63) is 65.2 Å². The van der Waals surface area contributed by atoms with Crippen LogP contribution in [0.15, 0.2) is 59.0 Å². The van der Waals surface area contributed by atoms with E-state index >= 15 is 0 Å². The Balaban J connectivity index is 1.97. The van der Waals surface area contributed by atoms with Gasteiger partial charge in [0.25, 0.3) is 0 Å². The van der Waals surface area contributed by atoms with Gasteiger partial charge in [-0.1, -0.05) is 41.9 Å². The maximum absolute atomic E-state index is 13.2. The van der Waals surface area contributed by atoms with E-state index < -0.39 is 38.9 Å². The molecule has 2 N–H and O–H groups in total. The number of sulfonamides is 1. The Morgan fingerprint density at radius 2 is 1.83 bits per heavy atom. The normalized spacial score (nSPS) is 16.9. The maximum Gasteiger partial charge on any atom is 0.430 e. The maximum atomic E-state index is 13.2. The monoisotopic (exact) mass is 447 g/mol. The largest absolute Gasteiger partial charge is 0.478 e. The van der Waals surface area contributed by atoms with Crippen molar-refractivity contribution >= 4 is 32.6 Å². The number of halogens is 4. The second kappa shape index (κ2) is 7.69. The van der Waals surface area contributed by atoms with E-state index in [1.807, 2.05) is 0 Å². The zero-order chi connectivity index (χ0) is 21.4. The lowest BCUT2D eigenvalue weighted by Gasteiger charge is -2.28. The number of aliphatic carboxylic acids is 1. The quantitative estimate of drug-likeness (QED) is 0.731. The summed E-state index contributed by atoms with van der Waals surface area (Å²) in [7, 11) is -4.05. The van der Waals surface area contributed by atoms with Gasteiger partial charge in [-0.2, -0.15) is 13.2 Å². The topological polar surface area (TPSA) is 92.7 Å². The van der Waals surface area contributed by atoms with E-state index in [-0.39, 0.29) is 22.8 Å². The summed E-state index contributed by atoms with van der Waals surface area (Å²) in [4.78, 5) is 11.0. The highest BCUT2D eigenvalue weighted by molar-refractivity contribution is 7.89. The number of benzene rings is 2. The van der Waals surface area contributed by atoms with Gasteiger partial charge in [-0.25, -0.2) is 17.9 Å². The number of hydrogen-bond acceptors (Lipinski definition) is 4. The van der Waals surface area contributed by atoms with E-state index in [4.69, 9.17) is 21.4 Å². The van der Waals surface area contributed by atoms with Gasteiger partial charge in [0.2, 0.25) is 16.1 Å². The second-order valence-electron chi connectivity index (χ2n) is 6.04. The van der Waals surface area contributed by atoms with Gasteiger partial charge in [-0.05, 0) is 23.8 Å². The summed E-state index contributed by atoms with van der Waals surface area (Å²) >= 11 is 5.91. The van der Waals surface area contributed by atoms with Gasteiger partial charge in [0.15, 0.2) is 0 Å². The third-order valence-corrected chi connectivity index (χ3v) is 5.88. The van der Waals surface area contributed by atoms with Crippen molar-refractivity contribution in [3.63, 3.8) is 0 Å². The summed E-state index contributed by atoms with van der Waals surface area (Å²) in [5, 5.41) is 8.42. The molecule has 3 rings (SSSR count). The molecule has 154 valence electrons. The number of nitrogens with one attached hydrogen (secondary N) is 1.